The highest BCUT2D eigenvalue weighted by molar-refractivity contribution is 5.95. The summed E-state index contributed by atoms with van der Waals surface area (Å²) in [7, 11) is 0. The molecule has 0 aliphatic rings. The van der Waals surface area contributed by atoms with Gasteiger partial charge in [-0.15, -0.1) is 4.74 Å². The number of nitrogens with zero attached hydrogens (tertiary/aromatic N) is 1. The average molecular weight is 299 g/mol. The number of halogens is 3. The van der Waals surface area contributed by atoms with E-state index in [1.54, 1.807) is 13.8 Å². The molecule has 1 aromatic carbocycles. The van der Waals surface area contributed by atoms with Crippen molar-refractivity contribution in [3.05, 3.63) is 57.6 Å². The first-order valence-electron chi connectivity index (χ1n) is 6.15. The van der Waals surface area contributed by atoms with Crippen LogP contribution < -0.4 is 5.63 Å². The fourth-order valence-electron chi connectivity index (χ4n) is 1.85. The van der Waals surface area contributed by atoms with Crippen LogP contribution in [-0.2, 0) is 6.18 Å². The lowest BCUT2D eigenvalue weighted by Crippen LogP contribution is -2.16. The molecule has 7 heteroatoms. The van der Waals surface area contributed by atoms with Crippen LogP contribution in [0.5, 0.6) is 0 Å². The molecule has 0 unspecified atom stereocenters. The van der Waals surface area contributed by atoms with E-state index in [2.05, 4.69) is 0 Å². The van der Waals surface area contributed by atoms with Crippen LogP contribution in [-0.4, -0.2) is 10.6 Å². The Hall–Kier alpha value is -2.31. The quantitative estimate of drug-likeness (QED) is 0.855. The Morgan fingerprint density at radius 2 is 1.90 bits per heavy atom. The van der Waals surface area contributed by atoms with E-state index in [1.165, 1.54) is 6.07 Å². The SMILES string of the molecule is CC(C)c1cc(=O)on1C(=O)c1cccc(C(F)(F)F)c1. The number of rotatable bonds is 2. The van der Waals surface area contributed by atoms with Crippen LogP contribution >= 0.6 is 0 Å². The van der Waals surface area contributed by atoms with Crippen molar-refractivity contribution in [2.75, 3.05) is 0 Å². The Balaban J connectivity index is 2.48. The second-order valence-corrected chi connectivity index (χ2v) is 4.81. The highest BCUT2D eigenvalue weighted by Crippen LogP contribution is 2.29. The van der Waals surface area contributed by atoms with Crippen LogP contribution in [0.15, 0.2) is 39.6 Å². The lowest BCUT2D eigenvalue weighted by Gasteiger charge is -2.10. The zero-order valence-electron chi connectivity index (χ0n) is 11.3. The number of benzene rings is 1. The van der Waals surface area contributed by atoms with Crippen molar-refractivity contribution in [1.82, 2.24) is 4.74 Å². The number of hydrogen-bond donors (Lipinski definition) is 0. The van der Waals surface area contributed by atoms with Gasteiger partial charge in [0.2, 0.25) is 0 Å². The number of carbonyl (C=O) groups is 1. The summed E-state index contributed by atoms with van der Waals surface area (Å²) in [5.41, 5.74) is -1.55. The second-order valence-electron chi connectivity index (χ2n) is 4.81. The third-order valence-corrected chi connectivity index (χ3v) is 2.89. The van der Waals surface area contributed by atoms with Crippen LogP contribution in [0.1, 0.15) is 41.4 Å². The third-order valence-electron chi connectivity index (χ3n) is 2.89. The molecule has 0 N–H and O–H groups in total. The standard InChI is InChI=1S/C14H12F3NO3/c1-8(2)11-7-12(19)21-18(11)13(20)9-4-3-5-10(6-9)14(15,16)17/h3-8H,1-2H3. The summed E-state index contributed by atoms with van der Waals surface area (Å²) in [6.07, 6.45) is -4.55. The Morgan fingerprint density at radius 1 is 1.24 bits per heavy atom. The van der Waals surface area contributed by atoms with Gasteiger partial charge >= 0.3 is 11.8 Å². The summed E-state index contributed by atoms with van der Waals surface area (Å²) in [6.45, 7) is 3.47. The van der Waals surface area contributed by atoms with Gasteiger partial charge in [-0.1, -0.05) is 19.9 Å². The molecule has 0 bridgehead atoms. The number of carbonyl (C=O) groups excluding carboxylic acids is 1. The molecule has 0 radical (unpaired) electrons. The highest BCUT2D eigenvalue weighted by Gasteiger charge is 2.31. The van der Waals surface area contributed by atoms with Crippen molar-refractivity contribution < 1.29 is 22.5 Å². The molecular formula is C14H12F3NO3. The minimum absolute atomic E-state index is 0.189. The number of hydrogen-bond acceptors (Lipinski definition) is 3. The molecule has 112 valence electrons. The molecule has 21 heavy (non-hydrogen) atoms. The van der Waals surface area contributed by atoms with Gasteiger partial charge in [-0.05, 0) is 24.1 Å². The minimum Gasteiger partial charge on any atom is -0.328 e. The van der Waals surface area contributed by atoms with Gasteiger partial charge in [0.05, 0.1) is 11.3 Å². The molecule has 0 fully saturated rings. The Kier molecular flexibility index (Phi) is 3.76. The first kappa shape index (κ1) is 15.1. The Labute approximate surface area is 117 Å². The lowest BCUT2D eigenvalue weighted by molar-refractivity contribution is -0.137. The van der Waals surface area contributed by atoms with Gasteiger partial charge in [-0.25, -0.2) is 4.79 Å². The molecule has 2 rings (SSSR count). The van der Waals surface area contributed by atoms with Crippen LogP contribution in [0.4, 0.5) is 13.2 Å². The maximum absolute atomic E-state index is 12.7. The number of alkyl halides is 3. The van der Waals surface area contributed by atoms with E-state index < -0.39 is 23.3 Å². The van der Waals surface area contributed by atoms with Gasteiger partial charge in [0.1, 0.15) is 0 Å². The average Bonchev–Trinajstić information content (AvgIpc) is 2.79. The van der Waals surface area contributed by atoms with Gasteiger partial charge in [-0.2, -0.15) is 13.2 Å². The molecule has 1 heterocycles. The molecule has 0 amide bonds. The fourth-order valence-corrected chi connectivity index (χ4v) is 1.85. The largest absolute Gasteiger partial charge is 0.416 e. The molecule has 0 atom stereocenters. The Bertz CT molecular complexity index is 726. The summed E-state index contributed by atoms with van der Waals surface area (Å²) in [4.78, 5) is 23.5. The van der Waals surface area contributed by atoms with Crippen LogP contribution in [0.25, 0.3) is 0 Å². The first-order valence-corrected chi connectivity index (χ1v) is 6.15. The van der Waals surface area contributed by atoms with Crippen LogP contribution in [0, 0.1) is 0 Å². The van der Waals surface area contributed by atoms with Crippen molar-refractivity contribution in [2.45, 2.75) is 25.9 Å². The topological polar surface area (TPSA) is 52.2 Å². The normalized spacial score (nSPS) is 11.9. The fraction of sp³-hybridized carbons (Fsp3) is 0.286. The van der Waals surface area contributed by atoms with Gasteiger partial charge < -0.3 is 4.52 Å². The maximum atomic E-state index is 12.7. The van der Waals surface area contributed by atoms with Gasteiger partial charge in [-0.3, -0.25) is 4.79 Å². The molecule has 2 aromatic rings. The smallest absolute Gasteiger partial charge is 0.328 e. The van der Waals surface area contributed by atoms with E-state index in [-0.39, 0.29) is 11.5 Å². The predicted molar refractivity (Wildman–Crippen MR) is 68.2 cm³/mol. The lowest BCUT2D eigenvalue weighted by atomic mass is 10.1. The zero-order chi connectivity index (χ0) is 15.8. The van der Waals surface area contributed by atoms with Gasteiger partial charge in [0.25, 0.3) is 5.91 Å². The molecule has 1 aromatic heterocycles. The summed E-state index contributed by atoms with van der Waals surface area (Å²) >= 11 is 0. The molecular weight excluding hydrogens is 287 g/mol. The molecule has 0 aliphatic heterocycles. The van der Waals surface area contributed by atoms with Crippen molar-refractivity contribution in [2.24, 2.45) is 0 Å². The Morgan fingerprint density at radius 3 is 2.48 bits per heavy atom. The van der Waals surface area contributed by atoms with Crippen LogP contribution in [0.2, 0.25) is 0 Å². The summed E-state index contributed by atoms with van der Waals surface area (Å²) in [5, 5.41) is 0. The van der Waals surface area contributed by atoms with Crippen molar-refractivity contribution in [3.63, 3.8) is 0 Å². The van der Waals surface area contributed by atoms with E-state index in [0.717, 1.165) is 29.0 Å². The van der Waals surface area contributed by atoms with E-state index in [1.807, 2.05) is 0 Å². The van der Waals surface area contributed by atoms with Crippen molar-refractivity contribution >= 4 is 5.91 Å². The van der Waals surface area contributed by atoms with E-state index >= 15 is 0 Å². The van der Waals surface area contributed by atoms with Crippen LogP contribution in [0.3, 0.4) is 0 Å². The van der Waals surface area contributed by atoms with Crippen molar-refractivity contribution in [3.8, 4) is 0 Å². The monoisotopic (exact) mass is 299 g/mol. The zero-order valence-corrected chi connectivity index (χ0v) is 11.3. The molecule has 4 nitrogen and oxygen atoms in total. The molecule has 0 saturated heterocycles. The van der Waals surface area contributed by atoms with Gasteiger partial charge in [0, 0.05) is 11.6 Å². The predicted octanol–water partition coefficient (Wildman–Crippen LogP) is 3.27. The minimum atomic E-state index is -4.55. The molecule has 0 spiro atoms. The maximum Gasteiger partial charge on any atom is 0.416 e. The van der Waals surface area contributed by atoms with E-state index in [0.29, 0.717) is 5.69 Å². The van der Waals surface area contributed by atoms with Gasteiger partial charge in [0.15, 0.2) is 0 Å². The first-order chi connectivity index (χ1) is 9.70. The van der Waals surface area contributed by atoms with E-state index in [4.69, 9.17) is 4.52 Å². The molecule has 0 saturated carbocycles. The third kappa shape index (κ3) is 3.07. The summed E-state index contributed by atoms with van der Waals surface area (Å²) in [5.74, 6) is -1.00. The highest BCUT2D eigenvalue weighted by atomic mass is 19.4. The second kappa shape index (κ2) is 5.23. The summed E-state index contributed by atoms with van der Waals surface area (Å²) < 4.78 is 43.4. The molecule has 0 aliphatic carbocycles. The van der Waals surface area contributed by atoms with Crippen molar-refractivity contribution in [1.29, 1.82) is 0 Å². The summed E-state index contributed by atoms with van der Waals surface area (Å²) in [6, 6.07) is 5.11. The van der Waals surface area contributed by atoms with E-state index in [9.17, 15) is 22.8 Å². The number of aromatic nitrogens is 1.